The van der Waals surface area contributed by atoms with Crippen LogP contribution in [0.25, 0.3) is 0 Å². The zero-order chi connectivity index (χ0) is 7.82. The first-order valence-corrected chi connectivity index (χ1v) is 3.90. The van der Waals surface area contributed by atoms with Crippen LogP contribution in [0.5, 0.6) is 0 Å². The van der Waals surface area contributed by atoms with Gasteiger partial charge in [0.05, 0.1) is 6.10 Å². The SMILES string of the molecule is CCCO[CH]OC(C)CC. The van der Waals surface area contributed by atoms with Gasteiger partial charge in [0.25, 0.3) is 0 Å². The molecule has 0 aliphatic rings. The quantitative estimate of drug-likeness (QED) is 0.534. The van der Waals surface area contributed by atoms with Gasteiger partial charge < -0.3 is 9.47 Å². The topological polar surface area (TPSA) is 18.5 Å². The zero-order valence-corrected chi connectivity index (χ0v) is 7.09. The number of ether oxygens (including phenoxy) is 2. The lowest BCUT2D eigenvalue weighted by atomic mass is 10.3. The highest BCUT2D eigenvalue weighted by atomic mass is 16.7. The molecule has 0 N–H and O–H groups in total. The predicted molar refractivity (Wildman–Crippen MR) is 41.4 cm³/mol. The van der Waals surface area contributed by atoms with Gasteiger partial charge in [-0.1, -0.05) is 13.8 Å². The maximum absolute atomic E-state index is 5.15. The minimum Gasteiger partial charge on any atom is -0.348 e. The maximum atomic E-state index is 5.15. The normalized spacial score (nSPS) is 13.5. The molecule has 1 atom stereocenters. The minimum atomic E-state index is 0.275. The van der Waals surface area contributed by atoms with Gasteiger partial charge in [-0.25, -0.2) is 0 Å². The van der Waals surface area contributed by atoms with Crippen molar-refractivity contribution in [1.29, 1.82) is 0 Å². The maximum Gasteiger partial charge on any atom is 0.209 e. The molecule has 0 aromatic carbocycles. The summed E-state index contributed by atoms with van der Waals surface area (Å²) in [4.78, 5) is 0. The van der Waals surface area contributed by atoms with Gasteiger partial charge >= 0.3 is 0 Å². The lowest BCUT2D eigenvalue weighted by molar-refractivity contribution is -0.0152. The third-order valence-corrected chi connectivity index (χ3v) is 1.25. The standard InChI is InChI=1S/C8H17O2/c1-4-6-9-7-10-8(3)5-2/h7-8H,4-6H2,1-3H3. The molecule has 0 aromatic heterocycles. The molecule has 61 valence electrons. The molecule has 0 rings (SSSR count). The van der Waals surface area contributed by atoms with E-state index in [2.05, 4.69) is 13.8 Å². The monoisotopic (exact) mass is 145 g/mol. The third-order valence-electron chi connectivity index (χ3n) is 1.25. The lowest BCUT2D eigenvalue weighted by Crippen LogP contribution is -2.05. The molecule has 1 radical (unpaired) electrons. The second-order valence-corrected chi connectivity index (χ2v) is 2.32. The molecule has 2 heteroatoms. The van der Waals surface area contributed by atoms with Gasteiger partial charge in [-0.05, 0) is 19.8 Å². The summed E-state index contributed by atoms with van der Waals surface area (Å²) >= 11 is 0. The molecule has 0 amide bonds. The second kappa shape index (κ2) is 7.03. The average molecular weight is 145 g/mol. The van der Waals surface area contributed by atoms with Crippen molar-refractivity contribution in [3.8, 4) is 0 Å². The highest BCUT2D eigenvalue weighted by molar-refractivity contribution is 4.44. The predicted octanol–water partition coefficient (Wildman–Crippen LogP) is 2.35. The Balaban J connectivity index is 2.89. The van der Waals surface area contributed by atoms with Crippen LogP contribution in [-0.2, 0) is 9.47 Å². The van der Waals surface area contributed by atoms with Gasteiger partial charge in [0.2, 0.25) is 6.79 Å². The summed E-state index contributed by atoms with van der Waals surface area (Å²) in [5, 5.41) is 0. The van der Waals surface area contributed by atoms with Crippen LogP contribution < -0.4 is 0 Å². The van der Waals surface area contributed by atoms with E-state index in [1.807, 2.05) is 6.92 Å². The highest BCUT2D eigenvalue weighted by Crippen LogP contribution is 1.98. The van der Waals surface area contributed by atoms with Gasteiger partial charge in [-0.2, -0.15) is 0 Å². The van der Waals surface area contributed by atoms with Crippen molar-refractivity contribution in [2.75, 3.05) is 6.61 Å². The lowest BCUT2D eigenvalue weighted by Gasteiger charge is -2.08. The fourth-order valence-corrected chi connectivity index (χ4v) is 0.396. The Morgan fingerprint density at radius 2 is 2.10 bits per heavy atom. The molecule has 10 heavy (non-hydrogen) atoms. The molecule has 0 spiro atoms. The fourth-order valence-electron chi connectivity index (χ4n) is 0.396. The summed E-state index contributed by atoms with van der Waals surface area (Å²) in [6, 6.07) is 0. The van der Waals surface area contributed by atoms with Crippen molar-refractivity contribution >= 4 is 0 Å². The molecule has 0 bridgehead atoms. The van der Waals surface area contributed by atoms with Gasteiger partial charge in [-0.3, -0.25) is 0 Å². The van der Waals surface area contributed by atoms with Crippen molar-refractivity contribution in [1.82, 2.24) is 0 Å². The number of hydrogen-bond acceptors (Lipinski definition) is 2. The van der Waals surface area contributed by atoms with Crippen molar-refractivity contribution < 1.29 is 9.47 Å². The summed E-state index contributed by atoms with van der Waals surface area (Å²) in [7, 11) is 0. The molecule has 1 unspecified atom stereocenters. The molecule has 0 heterocycles. The summed E-state index contributed by atoms with van der Waals surface area (Å²) in [6.45, 7) is 8.36. The van der Waals surface area contributed by atoms with Crippen LogP contribution in [0.2, 0.25) is 0 Å². The molecule has 0 fully saturated rings. The largest absolute Gasteiger partial charge is 0.348 e. The van der Waals surface area contributed by atoms with Crippen molar-refractivity contribution in [3.05, 3.63) is 6.79 Å². The smallest absolute Gasteiger partial charge is 0.209 e. The van der Waals surface area contributed by atoms with E-state index in [0.29, 0.717) is 0 Å². The number of rotatable bonds is 6. The Kier molecular flexibility index (Phi) is 6.98. The van der Waals surface area contributed by atoms with E-state index < -0.39 is 0 Å². The third kappa shape index (κ3) is 6.05. The molecular weight excluding hydrogens is 128 g/mol. The molecule has 0 saturated carbocycles. The molecule has 0 aliphatic heterocycles. The van der Waals surface area contributed by atoms with Crippen LogP contribution in [0.3, 0.4) is 0 Å². The van der Waals surface area contributed by atoms with Gasteiger partial charge in [-0.15, -0.1) is 0 Å². The Hall–Kier alpha value is -0.0800. The summed E-state index contributed by atoms with van der Waals surface area (Å²) in [5.41, 5.74) is 0. The van der Waals surface area contributed by atoms with Crippen LogP contribution in [0.15, 0.2) is 0 Å². The van der Waals surface area contributed by atoms with Gasteiger partial charge in [0, 0.05) is 6.61 Å². The first-order valence-electron chi connectivity index (χ1n) is 3.90. The van der Waals surface area contributed by atoms with E-state index >= 15 is 0 Å². The van der Waals surface area contributed by atoms with Crippen molar-refractivity contribution in [2.24, 2.45) is 0 Å². The summed E-state index contributed by atoms with van der Waals surface area (Å²) in [5.74, 6) is 0. The van der Waals surface area contributed by atoms with E-state index in [4.69, 9.17) is 9.47 Å². The van der Waals surface area contributed by atoms with Crippen molar-refractivity contribution in [2.45, 2.75) is 39.7 Å². The van der Waals surface area contributed by atoms with E-state index in [9.17, 15) is 0 Å². The molecular formula is C8H17O2. The Morgan fingerprint density at radius 1 is 1.40 bits per heavy atom. The van der Waals surface area contributed by atoms with Gasteiger partial charge in [0.1, 0.15) is 0 Å². The summed E-state index contributed by atoms with van der Waals surface area (Å²) in [6.07, 6.45) is 2.32. The average Bonchev–Trinajstić information content (AvgIpc) is 1.98. The van der Waals surface area contributed by atoms with Crippen LogP contribution in [0.4, 0.5) is 0 Å². The van der Waals surface area contributed by atoms with Crippen molar-refractivity contribution in [3.63, 3.8) is 0 Å². The first-order chi connectivity index (χ1) is 4.81. The van der Waals surface area contributed by atoms with Gasteiger partial charge in [0.15, 0.2) is 0 Å². The fraction of sp³-hybridized carbons (Fsp3) is 0.875. The van der Waals surface area contributed by atoms with E-state index in [1.54, 1.807) is 0 Å². The van der Waals surface area contributed by atoms with E-state index in [-0.39, 0.29) is 6.10 Å². The van der Waals surface area contributed by atoms with E-state index in [1.165, 1.54) is 6.79 Å². The molecule has 0 aliphatic carbocycles. The summed E-state index contributed by atoms with van der Waals surface area (Å²) < 4.78 is 10.2. The van der Waals surface area contributed by atoms with Crippen LogP contribution >= 0.6 is 0 Å². The molecule has 2 nitrogen and oxygen atoms in total. The Labute approximate surface area is 63.5 Å². The Bertz CT molecular complexity index is 64.3. The molecule has 0 aromatic rings. The van der Waals surface area contributed by atoms with Crippen LogP contribution in [0, 0.1) is 6.79 Å². The second-order valence-electron chi connectivity index (χ2n) is 2.32. The van der Waals surface area contributed by atoms with E-state index in [0.717, 1.165) is 19.4 Å². The Morgan fingerprint density at radius 3 is 2.60 bits per heavy atom. The first kappa shape index (κ1) is 9.92. The molecule has 0 saturated heterocycles. The highest BCUT2D eigenvalue weighted by Gasteiger charge is 1.96. The van der Waals surface area contributed by atoms with Crippen LogP contribution in [-0.4, -0.2) is 12.7 Å². The number of hydrogen-bond donors (Lipinski definition) is 0. The minimum absolute atomic E-state index is 0.275. The zero-order valence-electron chi connectivity index (χ0n) is 7.09. The van der Waals surface area contributed by atoms with Crippen LogP contribution in [0.1, 0.15) is 33.6 Å².